The topological polar surface area (TPSA) is 15.3 Å². The van der Waals surface area contributed by atoms with Gasteiger partial charge < -0.3 is 5.32 Å². The number of likely N-dealkylation sites (tertiary alicyclic amines) is 1. The maximum atomic E-state index is 12.9. The van der Waals surface area contributed by atoms with Crippen molar-refractivity contribution in [1.29, 1.82) is 0 Å². The molecule has 0 unspecified atom stereocenters. The highest BCUT2D eigenvalue weighted by atomic mass is 19.1. The van der Waals surface area contributed by atoms with E-state index in [-0.39, 0.29) is 0 Å². The minimum Gasteiger partial charge on any atom is -0.318 e. The maximum Gasteiger partial charge on any atom is 0.114 e. The normalized spacial score (nSPS) is 33.0. The molecule has 0 saturated carbocycles. The fourth-order valence-electron chi connectivity index (χ4n) is 1.76. The molecule has 1 fully saturated rings. The fraction of sp³-hybridized carbons (Fsp3) is 1.00. The number of nitrogens with one attached hydrogen (secondary N) is 1. The first kappa shape index (κ1) is 8.94. The molecular formula is C8H17FN2. The number of alkyl halides is 1. The van der Waals surface area contributed by atoms with Gasteiger partial charge in [-0.3, -0.25) is 4.90 Å². The van der Waals surface area contributed by atoms with Gasteiger partial charge in [0.15, 0.2) is 0 Å². The molecule has 3 heteroatoms. The van der Waals surface area contributed by atoms with Crippen LogP contribution >= 0.6 is 0 Å². The first-order valence-corrected chi connectivity index (χ1v) is 4.30. The zero-order valence-corrected chi connectivity index (χ0v) is 7.31. The van der Waals surface area contributed by atoms with Crippen LogP contribution in [0, 0.1) is 0 Å². The highest BCUT2D eigenvalue weighted by molar-refractivity contribution is 4.85. The van der Waals surface area contributed by atoms with Crippen LogP contribution in [0.2, 0.25) is 0 Å². The lowest BCUT2D eigenvalue weighted by atomic mass is 10.2. The van der Waals surface area contributed by atoms with Gasteiger partial charge >= 0.3 is 0 Å². The molecule has 66 valence electrons. The minimum absolute atomic E-state index is 0.417. The van der Waals surface area contributed by atoms with Crippen LogP contribution in [0.3, 0.4) is 0 Å². The van der Waals surface area contributed by atoms with Gasteiger partial charge in [-0.15, -0.1) is 0 Å². The zero-order valence-electron chi connectivity index (χ0n) is 7.31. The molecule has 1 aliphatic rings. The highest BCUT2D eigenvalue weighted by Crippen LogP contribution is 2.18. The highest BCUT2D eigenvalue weighted by Gasteiger charge is 2.29. The third kappa shape index (κ3) is 2.14. The molecule has 1 saturated heterocycles. The third-order valence-electron chi connectivity index (χ3n) is 2.32. The molecule has 11 heavy (non-hydrogen) atoms. The van der Waals surface area contributed by atoms with Crippen molar-refractivity contribution in [3.63, 3.8) is 0 Å². The van der Waals surface area contributed by atoms with E-state index < -0.39 is 6.17 Å². The summed E-state index contributed by atoms with van der Waals surface area (Å²) in [5.41, 5.74) is 0. The van der Waals surface area contributed by atoms with Crippen molar-refractivity contribution in [3.8, 4) is 0 Å². The van der Waals surface area contributed by atoms with Gasteiger partial charge in [0.2, 0.25) is 0 Å². The summed E-state index contributed by atoms with van der Waals surface area (Å²) in [7, 11) is 1.92. The fourth-order valence-corrected chi connectivity index (χ4v) is 1.76. The van der Waals surface area contributed by atoms with Crippen molar-refractivity contribution >= 4 is 0 Å². The summed E-state index contributed by atoms with van der Waals surface area (Å²) >= 11 is 0. The molecule has 0 amide bonds. The van der Waals surface area contributed by atoms with Crippen molar-refractivity contribution in [1.82, 2.24) is 10.2 Å². The van der Waals surface area contributed by atoms with Gasteiger partial charge in [-0.1, -0.05) is 6.92 Å². The summed E-state index contributed by atoms with van der Waals surface area (Å²) < 4.78 is 12.9. The molecular weight excluding hydrogens is 143 g/mol. The standard InChI is InChI=1S/C8H17FN2/c1-3-11-6-7(9)4-8(11)5-10-2/h7-8,10H,3-6H2,1-2H3/t7-,8-/m0/s1. The summed E-state index contributed by atoms with van der Waals surface area (Å²) in [5, 5.41) is 3.09. The Hall–Kier alpha value is -0.150. The number of halogens is 1. The van der Waals surface area contributed by atoms with E-state index in [9.17, 15) is 4.39 Å². The van der Waals surface area contributed by atoms with Crippen molar-refractivity contribution in [2.24, 2.45) is 0 Å². The second-order valence-corrected chi connectivity index (χ2v) is 3.13. The number of rotatable bonds is 3. The van der Waals surface area contributed by atoms with Crippen LogP contribution < -0.4 is 5.32 Å². The zero-order chi connectivity index (χ0) is 8.27. The van der Waals surface area contributed by atoms with Crippen LogP contribution in [0.4, 0.5) is 4.39 Å². The second-order valence-electron chi connectivity index (χ2n) is 3.13. The van der Waals surface area contributed by atoms with E-state index in [1.807, 2.05) is 7.05 Å². The summed E-state index contributed by atoms with van der Waals surface area (Å²) in [6.45, 7) is 4.59. The summed E-state index contributed by atoms with van der Waals surface area (Å²) in [6, 6.07) is 0.417. The van der Waals surface area contributed by atoms with Crippen LogP contribution in [0.5, 0.6) is 0 Å². The Morgan fingerprint density at radius 3 is 2.91 bits per heavy atom. The largest absolute Gasteiger partial charge is 0.318 e. The average molecular weight is 160 g/mol. The molecule has 2 nitrogen and oxygen atoms in total. The van der Waals surface area contributed by atoms with Gasteiger partial charge in [0.1, 0.15) is 6.17 Å². The maximum absolute atomic E-state index is 12.9. The Kier molecular flexibility index (Phi) is 3.27. The quantitative estimate of drug-likeness (QED) is 0.651. The number of nitrogens with zero attached hydrogens (tertiary/aromatic N) is 1. The Balaban J connectivity index is 2.37. The van der Waals surface area contributed by atoms with E-state index in [0.717, 1.165) is 13.1 Å². The molecule has 0 aromatic carbocycles. The third-order valence-corrected chi connectivity index (χ3v) is 2.32. The monoisotopic (exact) mass is 160 g/mol. The Labute approximate surface area is 67.8 Å². The lowest BCUT2D eigenvalue weighted by molar-refractivity contribution is 0.253. The van der Waals surface area contributed by atoms with E-state index in [0.29, 0.717) is 19.0 Å². The molecule has 1 heterocycles. The SMILES string of the molecule is CCN1C[C@@H](F)C[C@H]1CNC. The average Bonchev–Trinajstić information content (AvgIpc) is 2.32. The minimum atomic E-state index is -0.603. The molecule has 0 aromatic heterocycles. The molecule has 1 N–H and O–H groups in total. The Morgan fingerprint density at radius 2 is 2.36 bits per heavy atom. The van der Waals surface area contributed by atoms with Crippen molar-refractivity contribution < 1.29 is 4.39 Å². The van der Waals surface area contributed by atoms with E-state index in [4.69, 9.17) is 0 Å². The predicted molar refractivity (Wildman–Crippen MR) is 44.5 cm³/mol. The van der Waals surface area contributed by atoms with Gasteiger partial charge in [0, 0.05) is 19.1 Å². The van der Waals surface area contributed by atoms with Crippen LogP contribution in [0.25, 0.3) is 0 Å². The van der Waals surface area contributed by atoms with Gasteiger partial charge in [-0.25, -0.2) is 4.39 Å². The lowest BCUT2D eigenvalue weighted by Crippen LogP contribution is -2.36. The van der Waals surface area contributed by atoms with Crippen LogP contribution in [0.1, 0.15) is 13.3 Å². The molecule has 2 atom stereocenters. The Bertz CT molecular complexity index is 119. The van der Waals surface area contributed by atoms with E-state index in [1.54, 1.807) is 0 Å². The second kappa shape index (κ2) is 4.02. The number of hydrogen-bond acceptors (Lipinski definition) is 2. The van der Waals surface area contributed by atoms with Gasteiger partial charge in [-0.2, -0.15) is 0 Å². The first-order chi connectivity index (χ1) is 5.27. The molecule has 0 aliphatic carbocycles. The Morgan fingerprint density at radius 1 is 1.64 bits per heavy atom. The molecule has 0 radical (unpaired) electrons. The smallest absolute Gasteiger partial charge is 0.114 e. The van der Waals surface area contributed by atoms with E-state index in [1.165, 1.54) is 0 Å². The van der Waals surface area contributed by atoms with Gasteiger partial charge in [0.25, 0.3) is 0 Å². The van der Waals surface area contributed by atoms with Crippen molar-refractivity contribution in [2.75, 3.05) is 26.7 Å². The van der Waals surface area contributed by atoms with Crippen LogP contribution in [0.15, 0.2) is 0 Å². The molecule has 1 rings (SSSR count). The number of hydrogen-bond donors (Lipinski definition) is 1. The van der Waals surface area contributed by atoms with Gasteiger partial charge in [0.05, 0.1) is 0 Å². The summed E-state index contributed by atoms with van der Waals surface area (Å²) in [5.74, 6) is 0. The van der Waals surface area contributed by atoms with Crippen molar-refractivity contribution in [2.45, 2.75) is 25.6 Å². The van der Waals surface area contributed by atoms with E-state index >= 15 is 0 Å². The van der Waals surface area contributed by atoms with E-state index in [2.05, 4.69) is 17.1 Å². The van der Waals surface area contributed by atoms with Crippen LogP contribution in [-0.4, -0.2) is 43.8 Å². The van der Waals surface area contributed by atoms with Gasteiger partial charge in [-0.05, 0) is 20.0 Å². The van der Waals surface area contributed by atoms with Crippen molar-refractivity contribution in [3.05, 3.63) is 0 Å². The lowest BCUT2D eigenvalue weighted by Gasteiger charge is -2.21. The molecule has 0 aromatic rings. The van der Waals surface area contributed by atoms with Crippen LogP contribution in [-0.2, 0) is 0 Å². The summed E-state index contributed by atoms with van der Waals surface area (Å²) in [6.07, 6.45) is 0.0996. The predicted octanol–water partition coefficient (Wildman–Crippen LogP) is 0.638. The summed E-state index contributed by atoms with van der Waals surface area (Å²) in [4.78, 5) is 2.20. The first-order valence-electron chi connectivity index (χ1n) is 4.30. The molecule has 0 bridgehead atoms. The molecule has 0 spiro atoms. The number of likely N-dealkylation sites (N-methyl/N-ethyl adjacent to an activating group) is 2. The molecule has 1 aliphatic heterocycles.